The summed E-state index contributed by atoms with van der Waals surface area (Å²) in [5, 5.41) is 0. The summed E-state index contributed by atoms with van der Waals surface area (Å²) in [5.41, 5.74) is 0.929. The molecule has 1 N–H and O–H groups in total. The molecule has 1 aliphatic rings. The number of rotatable bonds is 3. The van der Waals surface area contributed by atoms with E-state index in [0.29, 0.717) is 10.8 Å². The molecule has 0 spiro atoms. The van der Waals surface area contributed by atoms with E-state index >= 15 is 0 Å². The fraction of sp³-hybridized carbons (Fsp3) is 0.400. The van der Waals surface area contributed by atoms with Crippen molar-refractivity contribution in [3.63, 3.8) is 0 Å². The van der Waals surface area contributed by atoms with Crippen molar-refractivity contribution in [2.75, 3.05) is 7.05 Å². The molecule has 0 unspecified atom stereocenters. The summed E-state index contributed by atoms with van der Waals surface area (Å²) in [6, 6.07) is 5.32. The number of benzene rings is 1. The van der Waals surface area contributed by atoms with Crippen molar-refractivity contribution >= 4 is 26.0 Å². The lowest BCUT2D eigenvalue weighted by atomic mass is 10.1. The average molecular weight is 290 g/mol. The second-order valence-electron chi connectivity index (χ2n) is 3.66. The van der Waals surface area contributed by atoms with Gasteiger partial charge in [0.1, 0.15) is 0 Å². The highest BCUT2D eigenvalue weighted by Gasteiger charge is 2.29. The third-order valence-electron chi connectivity index (χ3n) is 2.55. The molecule has 3 nitrogen and oxygen atoms in total. The number of nitrogens with one attached hydrogen (secondary N) is 1. The average Bonchev–Trinajstić information content (AvgIpc) is 3.00. The van der Waals surface area contributed by atoms with Crippen LogP contribution in [0.4, 0.5) is 0 Å². The number of hydrogen-bond acceptors (Lipinski definition) is 2. The van der Waals surface area contributed by atoms with Crippen LogP contribution in [0.1, 0.15) is 24.3 Å². The van der Waals surface area contributed by atoms with Gasteiger partial charge in [0.2, 0.25) is 10.0 Å². The fourth-order valence-corrected chi connectivity index (χ4v) is 2.97. The Bertz CT molecular complexity index is 480. The molecule has 5 heteroatoms. The van der Waals surface area contributed by atoms with E-state index in [1.165, 1.54) is 7.05 Å². The highest BCUT2D eigenvalue weighted by atomic mass is 79.9. The highest BCUT2D eigenvalue weighted by Crippen LogP contribution is 2.43. The fourth-order valence-electron chi connectivity index (χ4n) is 1.59. The van der Waals surface area contributed by atoms with Crippen LogP contribution in [0.25, 0.3) is 0 Å². The molecule has 1 saturated carbocycles. The minimum atomic E-state index is -3.32. The van der Waals surface area contributed by atoms with Gasteiger partial charge in [-0.05, 0) is 49.6 Å². The lowest BCUT2D eigenvalue weighted by molar-refractivity contribution is 0.587. The SMILES string of the molecule is CNS(=O)(=O)c1ccc(Br)cc1C1CC1. The second-order valence-corrected chi connectivity index (χ2v) is 6.43. The lowest BCUT2D eigenvalue weighted by Crippen LogP contribution is -2.20. The van der Waals surface area contributed by atoms with Gasteiger partial charge < -0.3 is 0 Å². The van der Waals surface area contributed by atoms with Gasteiger partial charge in [0.15, 0.2) is 0 Å². The first kappa shape index (κ1) is 11.1. The van der Waals surface area contributed by atoms with Crippen LogP contribution in [0.5, 0.6) is 0 Å². The quantitative estimate of drug-likeness (QED) is 0.928. The van der Waals surface area contributed by atoms with Crippen molar-refractivity contribution < 1.29 is 8.42 Å². The zero-order chi connectivity index (χ0) is 11.1. The second kappa shape index (κ2) is 3.88. The van der Waals surface area contributed by atoms with Crippen LogP contribution in [0.2, 0.25) is 0 Å². The summed E-state index contributed by atoms with van der Waals surface area (Å²) < 4.78 is 26.8. The molecular formula is C10H12BrNO2S. The summed E-state index contributed by atoms with van der Waals surface area (Å²) in [7, 11) is -1.88. The van der Waals surface area contributed by atoms with Crippen molar-refractivity contribution in [3.05, 3.63) is 28.2 Å². The molecule has 1 fully saturated rings. The third kappa shape index (κ3) is 2.24. The van der Waals surface area contributed by atoms with Crippen molar-refractivity contribution in [3.8, 4) is 0 Å². The van der Waals surface area contributed by atoms with Gasteiger partial charge in [-0.25, -0.2) is 13.1 Å². The summed E-state index contributed by atoms with van der Waals surface area (Å²) in [6.07, 6.45) is 2.17. The van der Waals surface area contributed by atoms with Crippen molar-refractivity contribution in [1.29, 1.82) is 0 Å². The van der Waals surface area contributed by atoms with Crippen LogP contribution in [-0.4, -0.2) is 15.5 Å². The van der Waals surface area contributed by atoms with E-state index in [2.05, 4.69) is 20.7 Å². The molecule has 0 radical (unpaired) electrons. The summed E-state index contributed by atoms with van der Waals surface area (Å²) >= 11 is 3.37. The summed E-state index contributed by atoms with van der Waals surface area (Å²) in [4.78, 5) is 0.413. The molecule has 15 heavy (non-hydrogen) atoms. The smallest absolute Gasteiger partial charge is 0.214 e. The molecule has 0 aliphatic heterocycles. The van der Waals surface area contributed by atoms with Crippen LogP contribution in [0.3, 0.4) is 0 Å². The van der Waals surface area contributed by atoms with E-state index in [-0.39, 0.29) is 0 Å². The van der Waals surface area contributed by atoms with Crippen LogP contribution in [-0.2, 0) is 10.0 Å². The number of hydrogen-bond donors (Lipinski definition) is 1. The first-order valence-corrected chi connectivity index (χ1v) is 7.05. The van der Waals surface area contributed by atoms with Crippen LogP contribution in [0.15, 0.2) is 27.6 Å². The van der Waals surface area contributed by atoms with Gasteiger partial charge in [-0.15, -0.1) is 0 Å². The van der Waals surface area contributed by atoms with Crippen LogP contribution in [0, 0.1) is 0 Å². The minimum Gasteiger partial charge on any atom is -0.214 e. The molecule has 1 aromatic carbocycles. The van der Waals surface area contributed by atoms with Gasteiger partial charge in [0, 0.05) is 4.47 Å². The van der Waals surface area contributed by atoms with E-state index in [1.54, 1.807) is 12.1 Å². The Hall–Kier alpha value is -0.390. The van der Waals surface area contributed by atoms with Crippen molar-refractivity contribution in [1.82, 2.24) is 4.72 Å². The van der Waals surface area contributed by atoms with Crippen molar-refractivity contribution in [2.24, 2.45) is 0 Å². The zero-order valence-electron chi connectivity index (χ0n) is 8.33. The van der Waals surface area contributed by atoms with E-state index < -0.39 is 10.0 Å². The molecule has 0 aromatic heterocycles. The Kier molecular flexibility index (Phi) is 2.87. The zero-order valence-corrected chi connectivity index (χ0v) is 10.7. The third-order valence-corrected chi connectivity index (χ3v) is 4.53. The van der Waals surface area contributed by atoms with Gasteiger partial charge in [0.05, 0.1) is 4.90 Å². The molecule has 0 atom stereocenters. The monoisotopic (exact) mass is 289 g/mol. The van der Waals surface area contributed by atoms with Gasteiger partial charge in [0.25, 0.3) is 0 Å². The van der Waals surface area contributed by atoms with Gasteiger partial charge in [-0.2, -0.15) is 0 Å². The van der Waals surface area contributed by atoms with E-state index in [0.717, 1.165) is 22.9 Å². The Morgan fingerprint density at radius 2 is 2.07 bits per heavy atom. The Labute approximate surface area is 98.1 Å². The first-order chi connectivity index (χ1) is 7.04. The number of halogens is 1. The van der Waals surface area contributed by atoms with Crippen molar-refractivity contribution in [2.45, 2.75) is 23.7 Å². The van der Waals surface area contributed by atoms with E-state index in [9.17, 15) is 8.42 Å². The molecule has 0 bridgehead atoms. The molecule has 2 rings (SSSR count). The maximum Gasteiger partial charge on any atom is 0.240 e. The normalized spacial score (nSPS) is 16.7. The van der Waals surface area contributed by atoms with E-state index in [4.69, 9.17) is 0 Å². The Morgan fingerprint density at radius 3 is 2.60 bits per heavy atom. The molecule has 1 aromatic rings. The highest BCUT2D eigenvalue weighted by molar-refractivity contribution is 9.10. The van der Waals surface area contributed by atoms with Crippen LogP contribution >= 0.6 is 15.9 Å². The topological polar surface area (TPSA) is 46.2 Å². The van der Waals surface area contributed by atoms with Crippen LogP contribution < -0.4 is 4.72 Å². The standard InChI is InChI=1S/C10H12BrNO2S/c1-12-15(13,14)10-5-4-8(11)6-9(10)7-2-3-7/h4-7,12H,2-3H2,1H3. The summed E-state index contributed by atoms with van der Waals surface area (Å²) in [6.45, 7) is 0. The molecule has 0 saturated heterocycles. The Balaban J connectivity index is 2.55. The van der Waals surface area contributed by atoms with E-state index in [1.807, 2.05) is 6.07 Å². The summed E-state index contributed by atoms with van der Waals surface area (Å²) in [5.74, 6) is 0.417. The predicted molar refractivity (Wildman–Crippen MR) is 62.4 cm³/mol. The maximum atomic E-state index is 11.7. The largest absolute Gasteiger partial charge is 0.240 e. The Morgan fingerprint density at radius 1 is 1.40 bits per heavy atom. The predicted octanol–water partition coefficient (Wildman–Crippen LogP) is 2.23. The molecule has 82 valence electrons. The van der Waals surface area contributed by atoms with Gasteiger partial charge >= 0.3 is 0 Å². The van der Waals surface area contributed by atoms with Gasteiger partial charge in [-0.1, -0.05) is 15.9 Å². The molecule has 0 heterocycles. The molecular weight excluding hydrogens is 278 g/mol. The minimum absolute atomic E-state index is 0.413. The molecule has 1 aliphatic carbocycles. The van der Waals surface area contributed by atoms with Gasteiger partial charge in [-0.3, -0.25) is 0 Å². The number of sulfonamides is 1. The lowest BCUT2D eigenvalue weighted by Gasteiger charge is -2.09. The molecule has 0 amide bonds. The first-order valence-electron chi connectivity index (χ1n) is 4.77. The maximum absolute atomic E-state index is 11.7.